The van der Waals surface area contributed by atoms with Crippen LogP contribution in [0.4, 0.5) is 17.1 Å². The first-order chi connectivity index (χ1) is 27.8. The molecule has 0 atom stereocenters. The van der Waals surface area contributed by atoms with Crippen molar-refractivity contribution in [1.82, 2.24) is 4.57 Å². The average Bonchev–Trinajstić information content (AvgIpc) is 3.62. The lowest BCUT2D eigenvalue weighted by atomic mass is 9.89. The SMILES string of the molecule is C1=C(c2ccc(N(c3ccc(-c4ccccc4)cc3)c3ccc(-c4ccccc4)cc3)cc2)CCC(c2ccccc2-n2c3ccccc3c3ccccc32)=C1. The Kier molecular flexibility index (Phi) is 8.70. The molecule has 1 aromatic heterocycles. The van der Waals surface area contributed by atoms with Crippen LogP contribution in [-0.4, -0.2) is 4.57 Å². The number of nitrogens with zero attached hydrogens (tertiary/aromatic N) is 2. The minimum atomic E-state index is 0.982. The van der Waals surface area contributed by atoms with Gasteiger partial charge in [-0.05, 0) is 106 Å². The lowest BCUT2D eigenvalue weighted by Gasteiger charge is -2.26. The number of hydrogen-bond acceptors (Lipinski definition) is 1. The first-order valence-corrected chi connectivity index (χ1v) is 19.5. The average molecular weight is 717 g/mol. The van der Waals surface area contributed by atoms with Gasteiger partial charge in [-0.15, -0.1) is 0 Å². The third kappa shape index (κ3) is 6.22. The largest absolute Gasteiger partial charge is 0.311 e. The van der Waals surface area contributed by atoms with Crippen LogP contribution >= 0.6 is 0 Å². The van der Waals surface area contributed by atoms with Crippen LogP contribution in [0, 0.1) is 0 Å². The van der Waals surface area contributed by atoms with Crippen LogP contribution in [0.25, 0.3) is 60.9 Å². The van der Waals surface area contributed by atoms with Crippen LogP contribution in [0.3, 0.4) is 0 Å². The van der Waals surface area contributed by atoms with Crippen LogP contribution in [0.15, 0.2) is 218 Å². The molecule has 8 aromatic carbocycles. The van der Waals surface area contributed by atoms with E-state index < -0.39 is 0 Å². The Labute approximate surface area is 328 Å². The van der Waals surface area contributed by atoms with E-state index in [4.69, 9.17) is 0 Å². The van der Waals surface area contributed by atoms with Crippen molar-refractivity contribution in [2.45, 2.75) is 12.8 Å². The topological polar surface area (TPSA) is 8.17 Å². The Morgan fingerprint density at radius 1 is 0.321 bits per heavy atom. The molecule has 2 heteroatoms. The van der Waals surface area contributed by atoms with Crippen molar-refractivity contribution < 1.29 is 0 Å². The number of benzene rings is 8. The lowest BCUT2D eigenvalue weighted by molar-refractivity contribution is 1.06. The van der Waals surface area contributed by atoms with Gasteiger partial charge in [0, 0.05) is 33.4 Å². The van der Waals surface area contributed by atoms with Crippen LogP contribution in [0.5, 0.6) is 0 Å². The zero-order valence-corrected chi connectivity index (χ0v) is 31.1. The van der Waals surface area contributed by atoms with Gasteiger partial charge in [0.15, 0.2) is 0 Å². The molecule has 1 aliphatic rings. The molecule has 0 saturated carbocycles. The van der Waals surface area contributed by atoms with Gasteiger partial charge < -0.3 is 9.47 Å². The molecule has 0 amide bonds. The molecule has 266 valence electrons. The molecule has 0 spiro atoms. The summed E-state index contributed by atoms with van der Waals surface area (Å²) in [6, 6.07) is 74.5. The predicted octanol–water partition coefficient (Wildman–Crippen LogP) is 14.8. The molecular weight excluding hydrogens is 677 g/mol. The molecule has 0 aliphatic heterocycles. The third-order valence-electron chi connectivity index (χ3n) is 11.2. The standard InChI is InChI=1S/C54H40N2/c1-3-13-39(14-4-1)42-27-33-46(34-28-42)55(47-35-29-43(30-36-47)40-15-5-2-6-16-40)48-37-31-44(32-38-48)41-23-25-45(26-24-41)49-17-7-10-20-52(49)56-53-21-11-8-18-50(53)51-19-9-12-22-54(51)56/h1-23,25,27-38H,24,26H2. The van der Waals surface area contributed by atoms with Crippen LogP contribution in [-0.2, 0) is 0 Å². The number of allylic oxidation sites excluding steroid dienone is 4. The van der Waals surface area contributed by atoms with Gasteiger partial charge in [0.25, 0.3) is 0 Å². The van der Waals surface area contributed by atoms with Crippen molar-refractivity contribution >= 4 is 50.0 Å². The van der Waals surface area contributed by atoms with Crippen molar-refractivity contribution in [3.05, 3.63) is 230 Å². The van der Waals surface area contributed by atoms with E-state index in [1.165, 1.54) is 72.0 Å². The van der Waals surface area contributed by atoms with E-state index in [-0.39, 0.29) is 0 Å². The Hall–Kier alpha value is -7.16. The van der Waals surface area contributed by atoms with Crippen LogP contribution in [0.2, 0.25) is 0 Å². The molecule has 0 bridgehead atoms. The van der Waals surface area contributed by atoms with Crippen LogP contribution in [0.1, 0.15) is 24.0 Å². The highest BCUT2D eigenvalue weighted by Gasteiger charge is 2.19. The second kappa shape index (κ2) is 14.6. The quantitative estimate of drug-likeness (QED) is 0.152. The minimum Gasteiger partial charge on any atom is -0.311 e. The fourth-order valence-corrected chi connectivity index (χ4v) is 8.36. The highest BCUT2D eigenvalue weighted by molar-refractivity contribution is 6.09. The normalized spacial score (nSPS) is 12.7. The van der Waals surface area contributed by atoms with E-state index in [9.17, 15) is 0 Å². The van der Waals surface area contributed by atoms with Crippen molar-refractivity contribution in [1.29, 1.82) is 0 Å². The van der Waals surface area contributed by atoms with Gasteiger partial charge >= 0.3 is 0 Å². The highest BCUT2D eigenvalue weighted by atomic mass is 15.1. The van der Waals surface area contributed by atoms with Gasteiger partial charge in [0.2, 0.25) is 0 Å². The maximum Gasteiger partial charge on any atom is 0.0541 e. The fraction of sp³-hybridized carbons (Fsp3) is 0.0370. The van der Waals surface area contributed by atoms with E-state index in [0.29, 0.717) is 0 Å². The minimum absolute atomic E-state index is 0.982. The molecule has 1 heterocycles. The Morgan fingerprint density at radius 3 is 1.21 bits per heavy atom. The summed E-state index contributed by atoms with van der Waals surface area (Å²) in [5.41, 5.74) is 17.2. The lowest BCUT2D eigenvalue weighted by Crippen LogP contribution is -2.10. The molecule has 0 saturated heterocycles. The number of fused-ring (bicyclic) bond motifs is 3. The molecular formula is C54H40N2. The van der Waals surface area contributed by atoms with Crippen molar-refractivity contribution in [2.24, 2.45) is 0 Å². The van der Waals surface area contributed by atoms with Crippen molar-refractivity contribution in [3.8, 4) is 27.9 Å². The molecule has 0 unspecified atom stereocenters. The summed E-state index contributed by atoms with van der Waals surface area (Å²) in [5, 5.41) is 2.57. The molecule has 0 fully saturated rings. The molecule has 56 heavy (non-hydrogen) atoms. The maximum absolute atomic E-state index is 2.44. The zero-order chi connectivity index (χ0) is 37.3. The summed E-state index contributed by atoms with van der Waals surface area (Å²) in [5.74, 6) is 0. The molecule has 10 rings (SSSR count). The second-order valence-electron chi connectivity index (χ2n) is 14.5. The van der Waals surface area contributed by atoms with E-state index in [1.807, 2.05) is 0 Å². The van der Waals surface area contributed by atoms with E-state index in [0.717, 1.165) is 29.9 Å². The number of hydrogen-bond donors (Lipinski definition) is 0. The Bertz CT molecular complexity index is 2720. The fourth-order valence-electron chi connectivity index (χ4n) is 8.36. The van der Waals surface area contributed by atoms with Gasteiger partial charge in [-0.1, -0.05) is 164 Å². The van der Waals surface area contributed by atoms with Crippen molar-refractivity contribution in [2.75, 3.05) is 4.90 Å². The van der Waals surface area contributed by atoms with Gasteiger partial charge in [-0.25, -0.2) is 0 Å². The van der Waals surface area contributed by atoms with Crippen LogP contribution < -0.4 is 4.90 Å². The van der Waals surface area contributed by atoms with Gasteiger partial charge in [0.1, 0.15) is 0 Å². The molecule has 2 nitrogen and oxygen atoms in total. The summed E-state index contributed by atoms with van der Waals surface area (Å²) >= 11 is 0. The predicted molar refractivity (Wildman–Crippen MR) is 238 cm³/mol. The van der Waals surface area contributed by atoms with Gasteiger partial charge in [-0.2, -0.15) is 0 Å². The second-order valence-corrected chi connectivity index (χ2v) is 14.5. The van der Waals surface area contributed by atoms with E-state index in [2.05, 4.69) is 228 Å². The van der Waals surface area contributed by atoms with Gasteiger partial charge in [-0.3, -0.25) is 0 Å². The first-order valence-electron chi connectivity index (χ1n) is 19.5. The molecule has 0 N–H and O–H groups in total. The van der Waals surface area contributed by atoms with Crippen molar-refractivity contribution in [3.63, 3.8) is 0 Å². The molecule has 0 radical (unpaired) electrons. The monoisotopic (exact) mass is 716 g/mol. The number of para-hydroxylation sites is 3. The summed E-state index contributed by atoms with van der Waals surface area (Å²) in [6.45, 7) is 0. The zero-order valence-electron chi connectivity index (χ0n) is 31.1. The summed E-state index contributed by atoms with van der Waals surface area (Å²) < 4.78 is 2.44. The van der Waals surface area contributed by atoms with E-state index >= 15 is 0 Å². The highest BCUT2D eigenvalue weighted by Crippen LogP contribution is 2.40. The van der Waals surface area contributed by atoms with E-state index in [1.54, 1.807) is 0 Å². The number of rotatable bonds is 8. The summed E-state index contributed by atoms with van der Waals surface area (Å²) in [6.07, 6.45) is 6.64. The number of aromatic nitrogens is 1. The smallest absolute Gasteiger partial charge is 0.0541 e. The number of anilines is 3. The van der Waals surface area contributed by atoms with Gasteiger partial charge in [0.05, 0.1) is 16.7 Å². The summed E-state index contributed by atoms with van der Waals surface area (Å²) in [4.78, 5) is 2.35. The third-order valence-corrected chi connectivity index (χ3v) is 11.2. The Balaban J connectivity index is 0.974. The first kappa shape index (κ1) is 33.4. The maximum atomic E-state index is 2.44. The molecule has 9 aromatic rings. The Morgan fingerprint density at radius 2 is 0.714 bits per heavy atom. The molecule has 1 aliphatic carbocycles. The summed E-state index contributed by atoms with van der Waals surface area (Å²) in [7, 11) is 0.